The topological polar surface area (TPSA) is 41.0 Å². The van der Waals surface area contributed by atoms with Crippen molar-refractivity contribution in [1.29, 1.82) is 0 Å². The first kappa shape index (κ1) is 14.4. The zero-order valence-corrected chi connectivity index (χ0v) is 12.6. The summed E-state index contributed by atoms with van der Waals surface area (Å²) in [5.41, 5.74) is 1.32. The summed E-state index contributed by atoms with van der Waals surface area (Å²) in [5, 5.41) is 3.68. The van der Waals surface area contributed by atoms with E-state index in [1.165, 1.54) is 25.9 Å². The fourth-order valence-corrected chi connectivity index (χ4v) is 2.69. The Labute approximate surface area is 116 Å². The Kier molecular flexibility index (Phi) is 4.53. The molecule has 19 heavy (non-hydrogen) atoms. The molecular weight excluding hydrogens is 236 g/mol. The fourth-order valence-electron chi connectivity index (χ4n) is 2.69. The number of rotatable bonds is 3. The predicted molar refractivity (Wildman–Crippen MR) is 77.9 cm³/mol. The number of likely N-dealkylation sites (tertiary alicyclic amines) is 1. The minimum atomic E-state index is 0.278. The third-order valence-electron chi connectivity index (χ3n) is 3.96. The summed E-state index contributed by atoms with van der Waals surface area (Å²) in [4.78, 5) is 11.1. The van der Waals surface area contributed by atoms with Gasteiger partial charge in [-0.2, -0.15) is 0 Å². The van der Waals surface area contributed by atoms with E-state index in [9.17, 15) is 0 Å². The molecule has 0 spiro atoms. The van der Waals surface area contributed by atoms with Gasteiger partial charge in [-0.05, 0) is 40.5 Å². The maximum atomic E-state index is 4.36. The summed E-state index contributed by atoms with van der Waals surface area (Å²) in [5.74, 6) is 0. The van der Waals surface area contributed by atoms with Crippen LogP contribution in [0.25, 0.3) is 0 Å². The standard InChI is InChI=1S/C15H26N4/c1-12(14-11-16-7-8-17-14)18-13-5-9-19(10-6-13)15(2,3)4/h7-8,11-13,18H,5-6,9-10H2,1-4H3. The van der Waals surface area contributed by atoms with Gasteiger partial charge >= 0.3 is 0 Å². The number of nitrogens with zero attached hydrogens (tertiary/aromatic N) is 3. The average Bonchev–Trinajstić information content (AvgIpc) is 2.39. The molecule has 1 fully saturated rings. The Morgan fingerprint density at radius 1 is 1.26 bits per heavy atom. The van der Waals surface area contributed by atoms with E-state index < -0.39 is 0 Å². The van der Waals surface area contributed by atoms with Crippen LogP contribution in [0, 0.1) is 0 Å². The van der Waals surface area contributed by atoms with Crippen LogP contribution in [0.15, 0.2) is 18.6 Å². The van der Waals surface area contributed by atoms with Crippen LogP contribution < -0.4 is 5.32 Å². The third kappa shape index (κ3) is 3.98. The van der Waals surface area contributed by atoms with Crippen molar-refractivity contribution >= 4 is 0 Å². The number of aromatic nitrogens is 2. The van der Waals surface area contributed by atoms with Crippen LogP contribution in [0.1, 0.15) is 52.3 Å². The quantitative estimate of drug-likeness (QED) is 0.908. The molecular formula is C15H26N4. The lowest BCUT2D eigenvalue weighted by molar-refractivity contribution is 0.0941. The van der Waals surface area contributed by atoms with Crippen LogP contribution in [-0.4, -0.2) is 39.5 Å². The van der Waals surface area contributed by atoms with E-state index in [1.807, 2.05) is 6.20 Å². The molecule has 4 nitrogen and oxygen atoms in total. The zero-order chi connectivity index (χ0) is 13.9. The van der Waals surface area contributed by atoms with Crippen molar-refractivity contribution in [2.24, 2.45) is 0 Å². The van der Waals surface area contributed by atoms with Crippen molar-refractivity contribution in [1.82, 2.24) is 20.2 Å². The van der Waals surface area contributed by atoms with Crippen LogP contribution in [0.3, 0.4) is 0 Å². The molecule has 0 amide bonds. The number of hydrogen-bond donors (Lipinski definition) is 1. The second-order valence-corrected chi connectivity index (χ2v) is 6.45. The summed E-state index contributed by atoms with van der Waals surface area (Å²) in [6.07, 6.45) is 7.75. The van der Waals surface area contributed by atoms with Crippen LogP contribution in [0.4, 0.5) is 0 Å². The summed E-state index contributed by atoms with van der Waals surface area (Å²) in [6, 6.07) is 0.871. The average molecular weight is 262 g/mol. The van der Waals surface area contributed by atoms with Gasteiger partial charge in [0, 0.05) is 49.3 Å². The van der Waals surface area contributed by atoms with Gasteiger partial charge in [-0.15, -0.1) is 0 Å². The molecule has 1 unspecified atom stereocenters. The van der Waals surface area contributed by atoms with Gasteiger partial charge in [0.15, 0.2) is 0 Å². The Hall–Kier alpha value is -1.00. The summed E-state index contributed by atoms with van der Waals surface area (Å²) >= 11 is 0. The molecule has 0 saturated carbocycles. The molecule has 1 aromatic heterocycles. The van der Waals surface area contributed by atoms with Gasteiger partial charge in [-0.3, -0.25) is 14.9 Å². The van der Waals surface area contributed by atoms with Crippen molar-refractivity contribution in [3.63, 3.8) is 0 Å². The molecule has 0 aliphatic carbocycles. The van der Waals surface area contributed by atoms with E-state index in [0.29, 0.717) is 11.6 Å². The van der Waals surface area contributed by atoms with Gasteiger partial charge in [-0.1, -0.05) is 0 Å². The summed E-state index contributed by atoms with van der Waals surface area (Å²) < 4.78 is 0. The van der Waals surface area contributed by atoms with Crippen molar-refractivity contribution in [2.75, 3.05) is 13.1 Å². The highest BCUT2D eigenvalue weighted by Gasteiger charge is 2.27. The molecule has 1 N–H and O–H groups in total. The van der Waals surface area contributed by atoms with E-state index in [4.69, 9.17) is 0 Å². The normalized spacial score (nSPS) is 20.4. The largest absolute Gasteiger partial charge is 0.306 e. The molecule has 2 rings (SSSR count). The molecule has 1 saturated heterocycles. The number of hydrogen-bond acceptors (Lipinski definition) is 4. The Morgan fingerprint density at radius 2 is 1.95 bits per heavy atom. The number of piperidine rings is 1. The van der Waals surface area contributed by atoms with Gasteiger partial charge in [0.1, 0.15) is 0 Å². The summed E-state index contributed by atoms with van der Waals surface area (Å²) in [6.45, 7) is 11.4. The Morgan fingerprint density at radius 3 is 2.47 bits per heavy atom. The van der Waals surface area contributed by atoms with Gasteiger partial charge in [0.25, 0.3) is 0 Å². The monoisotopic (exact) mass is 262 g/mol. The SMILES string of the molecule is CC(NC1CCN(C(C)(C)C)CC1)c1cnccn1. The fraction of sp³-hybridized carbons (Fsp3) is 0.733. The minimum Gasteiger partial charge on any atom is -0.306 e. The maximum absolute atomic E-state index is 4.36. The molecule has 0 radical (unpaired) electrons. The van der Waals surface area contributed by atoms with Crippen molar-refractivity contribution in [2.45, 2.75) is 58.2 Å². The lowest BCUT2D eigenvalue weighted by Gasteiger charge is -2.41. The second-order valence-electron chi connectivity index (χ2n) is 6.45. The second kappa shape index (κ2) is 5.97. The van der Waals surface area contributed by atoms with E-state index in [1.54, 1.807) is 12.4 Å². The van der Waals surface area contributed by atoms with Gasteiger partial charge in [0.2, 0.25) is 0 Å². The van der Waals surface area contributed by atoms with E-state index in [2.05, 4.69) is 47.9 Å². The Balaban J connectivity index is 1.83. The van der Waals surface area contributed by atoms with Crippen molar-refractivity contribution < 1.29 is 0 Å². The third-order valence-corrected chi connectivity index (χ3v) is 3.96. The minimum absolute atomic E-state index is 0.278. The van der Waals surface area contributed by atoms with Crippen LogP contribution in [-0.2, 0) is 0 Å². The molecule has 1 aliphatic rings. The smallest absolute Gasteiger partial charge is 0.0753 e. The van der Waals surface area contributed by atoms with Crippen LogP contribution in [0.5, 0.6) is 0 Å². The first-order valence-corrected chi connectivity index (χ1v) is 7.24. The highest BCUT2D eigenvalue weighted by atomic mass is 15.2. The van der Waals surface area contributed by atoms with Gasteiger partial charge in [-0.25, -0.2) is 0 Å². The van der Waals surface area contributed by atoms with Crippen LogP contribution >= 0.6 is 0 Å². The van der Waals surface area contributed by atoms with Gasteiger partial charge < -0.3 is 5.32 Å². The maximum Gasteiger partial charge on any atom is 0.0753 e. The Bertz CT molecular complexity index is 377. The molecule has 1 atom stereocenters. The molecule has 1 aromatic rings. The lowest BCUT2D eigenvalue weighted by atomic mass is 9.97. The van der Waals surface area contributed by atoms with Gasteiger partial charge in [0.05, 0.1) is 5.69 Å². The first-order valence-electron chi connectivity index (χ1n) is 7.24. The van der Waals surface area contributed by atoms with Crippen molar-refractivity contribution in [3.05, 3.63) is 24.3 Å². The predicted octanol–water partition coefficient (Wildman–Crippen LogP) is 2.39. The summed E-state index contributed by atoms with van der Waals surface area (Å²) in [7, 11) is 0. The lowest BCUT2D eigenvalue weighted by Crippen LogP contribution is -2.50. The highest BCUT2D eigenvalue weighted by molar-refractivity contribution is 5.01. The van der Waals surface area contributed by atoms with E-state index in [-0.39, 0.29) is 6.04 Å². The molecule has 0 aromatic carbocycles. The number of nitrogens with one attached hydrogen (secondary N) is 1. The first-order chi connectivity index (χ1) is 8.97. The molecule has 106 valence electrons. The van der Waals surface area contributed by atoms with E-state index >= 15 is 0 Å². The van der Waals surface area contributed by atoms with E-state index in [0.717, 1.165) is 5.69 Å². The van der Waals surface area contributed by atoms with Crippen molar-refractivity contribution in [3.8, 4) is 0 Å². The molecule has 2 heterocycles. The molecule has 1 aliphatic heterocycles. The highest BCUT2D eigenvalue weighted by Crippen LogP contribution is 2.21. The molecule has 0 bridgehead atoms. The molecule has 4 heteroatoms. The van der Waals surface area contributed by atoms with Crippen LogP contribution in [0.2, 0.25) is 0 Å². The zero-order valence-electron chi connectivity index (χ0n) is 12.6.